The third-order valence-electron chi connectivity index (χ3n) is 8.63. The molecule has 1 atom stereocenters. The molecule has 19 nitrogen and oxygen atoms in total. The average molecular weight is 1010 g/mol. The highest BCUT2D eigenvalue weighted by molar-refractivity contribution is 14.1. The first-order valence-corrected chi connectivity index (χ1v) is 19.4. The highest BCUT2D eigenvalue weighted by Crippen LogP contribution is 2.36. The van der Waals surface area contributed by atoms with E-state index < -0.39 is 94.3 Å². The van der Waals surface area contributed by atoms with E-state index in [9.17, 15) is 64.5 Å². The molecule has 56 heavy (non-hydrogen) atoms. The zero-order valence-corrected chi connectivity index (χ0v) is 35.6. The molecule has 0 saturated heterocycles. The summed E-state index contributed by atoms with van der Waals surface area (Å²) in [5.41, 5.74) is 0.934. The van der Waals surface area contributed by atoms with Crippen molar-refractivity contribution in [2.75, 3.05) is 89.5 Å². The second-order valence-corrected chi connectivity index (χ2v) is 14.5. The van der Waals surface area contributed by atoms with Gasteiger partial charge in [0.05, 0.1) is 56.5 Å². The maximum atomic E-state index is 13.7. The lowest BCUT2D eigenvalue weighted by Crippen LogP contribution is -2.41. The van der Waals surface area contributed by atoms with Crippen LogP contribution in [0.4, 0.5) is 11.4 Å². The van der Waals surface area contributed by atoms with Crippen molar-refractivity contribution in [3.8, 4) is 0 Å². The van der Waals surface area contributed by atoms with Gasteiger partial charge in [0.15, 0.2) is 0 Å². The molecule has 2 aromatic carbocycles. The summed E-state index contributed by atoms with van der Waals surface area (Å²) < 4.78 is 0.437. The van der Waals surface area contributed by atoms with Crippen LogP contribution >= 0.6 is 45.2 Å². The number of rotatable bonds is 20. The van der Waals surface area contributed by atoms with Crippen LogP contribution in [0.3, 0.4) is 0 Å². The first-order chi connectivity index (χ1) is 26.5. The summed E-state index contributed by atoms with van der Waals surface area (Å²) in [7, 11) is 0. The topological polar surface area (TPSA) is 299 Å². The largest absolute Gasteiger partial charge is 0.395 e. The van der Waals surface area contributed by atoms with E-state index in [1.54, 1.807) is 22.6 Å². The van der Waals surface area contributed by atoms with Crippen LogP contribution in [0.25, 0.3) is 0 Å². The minimum Gasteiger partial charge on any atom is -0.395 e. The van der Waals surface area contributed by atoms with Crippen LogP contribution in [0.2, 0.25) is 0 Å². The van der Waals surface area contributed by atoms with Crippen molar-refractivity contribution < 1.29 is 64.5 Å². The molecule has 0 spiro atoms. The van der Waals surface area contributed by atoms with Gasteiger partial charge in [0.1, 0.15) is 13.2 Å². The number of benzene rings is 2. The Morgan fingerprint density at radius 1 is 0.536 bits per heavy atom. The van der Waals surface area contributed by atoms with Gasteiger partial charge in [-0.1, -0.05) is 0 Å². The Balaban J connectivity index is 2.47. The number of nitrogens with one attached hydrogen (secondary N) is 4. The van der Waals surface area contributed by atoms with E-state index in [0.717, 1.165) is 0 Å². The number of carbonyl (C=O) groups excluding carboxylic acids is 6. The predicted octanol–water partition coefficient (Wildman–Crippen LogP) is -1.63. The Morgan fingerprint density at radius 3 is 1.32 bits per heavy atom. The number of amides is 6. The van der Waals surface area contributed by atoms with Crippen LogP contribution in [-0.4, -0.2) is 166 Å². The molecule has 0 aliphatic carbocycles. The Kier molecular flexibility index (Phi) is 20.0. The lowest BCUT2D eigenvalue weighted by molar-refractivity contribution is -0.119. The summed E-state index contributed by atoms with van der Waals surface area (Å²) in [5.74, 6) is -4.47. The van der Waals surface area contributed by atoms with Gasteiger partial charge in [0.25, 0.3) is 23.6 Å². The molecule has 0 bridgehead atoms. The molecule has 310 valence electrons. The smallest absolute Gasteiger partial charge is 0.255 e. The van der Waals surface area contributed by atoms with Crippen molar-refractivity contribution in [1.29, 1.82) is 0 Å². The van der Waals surface area contributed by atoms with Crippen LogP contribution in [-0.2, 0) is 9.59 Å². The fraction of sp³-hybridized carbons (Fsp3) is 0.486. The summed E-state index contributed by atoms with van der Waals surface area (Å²) in [6.07, 6.45) is -1.39. The number of halogens is 2. The summed E-state index contributed by atoms with van der Waals surface area (Å²) in [6.45, 7) is 1.21. The van der Waals surface area contributed by atoms with E-state index in [2.05, 4.69) is 21.3 Å². The van der Waals surface area contributed by atoms with E-state index in [0.29, 0.717) is 0 Å². The molecule has 2 rings (SSSR count). The molecule has 2 aromatic rings. The Morgan fingerprint density at radius 2 is 0.893 bits per heavy atom. The molecule has 0 saturated carbocycles. The van der Waals surface area contributed by atoms with E-state index in [1.807, 2.05) is 22.6 Å². The standard InChI is InChI=1S/C35H48I2N6O13/c1-17-24(19(3)30(40-22(51)15-48)20(4)25(17)34(55)42(5-9-44)6-10-45)32(53)38-13-21(50)14-39-33(54)26-18(2)27(35(56)43(7-11-46)8-12-47)29(37)31(28(26)36)41-23(52)16-49/h21,44-50H,5-16H2,1-4H3,(H,38,53)(H,39,54)(H,40,51)(H,41,52). The monoisotopic (exact) mass is 1010 g/mol. The van der Waals surface area contributed by atoms with Gasteiger partial charge in [-0.15, -0.1) is 0 Å². The van der Waals surface area contributed by atoms with Gasteiger partial charge in [-0.2, -0.15) is 0 Å². The molecule has 6 amide bonds. The maximum Gasteiger partial charge on any atom is 0.255 e. The first-order valence-electron chi connectivity index (χ1n) is 17.2. The van der Waals surface area contributed by atoms with Crippen molar-refractivity contribution in [2.45, 2.75) is 33.8 Å². The zero-order valence-electron chi connectivity index (χ0n) is 31.3. The number of aliphatic hydroxyl groups is 7. The molecule has 0 aliphatic rings. The van der Waals surface area contributed by atoms with Crippen molar-refractivity contribution in [2.24, 2.45) is 0 Å². The van der Waals surface area contributed by atoms with E-state index in [4.69, 9.17) is 0 Å². The predicted molar refractivity (Wildman–Crippen MR) is 220 cm³/mol. The van der Waals surface area contributed by atoms with Gasteiger partial charge < -0.3 is 66.8 Å². The molecule has 0 fully saturated rings. The number of hydrogen-bond acceptors (Lipinski definition) is 13. The highest BCUT2D eigenvalue weighted by Gasteiger charge is 2.31. The van der Waals surface area contributed by atoms with Gasteiger partial charge >= 0.3 is 0 Å². The summed E-state index contributed by atoms with van der Waals surface area (Å²) in [5, 5.41) is 77.8. The number of hydrogen-bond donors (Lipinski definition) is 11. The summed E-state index contributed by atoms with van der Waals surface area (Å²) >= 11 is 3.61. The normalized spacial score (nSPS) is 11.4. The van der Waals surface area contributed by atoms with Crippen LogP contribution in [0.1, 0.15) is 63.7 Å². The highest BCUT2D eigenvalue weighted by atomic mass is 127. The van der Waals surface area contributed by atoms with Crippen molar-refractivity contribution >= 4 is 92.0 Å². The van der Waals surface area contributed by atoms with Gasteiger partial charge in [-0.05, 0) is 95.1 Å². The number of nitrogens with zero attached hydrogens (tertiary/aromatic N) is 2. The van der Waals surface area contributed by atoms with Crippen LogP contribution in [0.15, 0.2) is 0 Å². The van der Waals surface area contributed by atoms with E-state index >= 15 is 0 Å². The molecule has 11 N–H and O–H groups in total. The Hall–Kier alpha value is -3.56. The fourth-order valence-electron chi connectivity index (χ4n) is 5.96. The van der Waals surface area contributed by atoms with Gasteiger partial charge in [0.2, 0.25) is 11.8 Å². The third-order valence-corrected chi connectivity index (χ3v) is 10.8. The quantitative estimate of drug-likeness (QED) is 0.0666. The second kappa shape index (κ2) is 23.0. The molecule has 0 aliphatic heterocycles. The van der Waals surface area contributed by atoms with Crippen molar-refractivity contribution in [3.63, 3.8) is 0 Å². The minimum absolute atomic E-state index is 0.00815. The maximum absolute atomic E-state index is 13.7. The van der Waals surface area contributed by atoms with E-state index in [-0.39, 0.29) is 89.2 Å². The van der Waals surface area contributed by atoms with Gasteiger partial charge in [0, 0.05) is 56.1 Å². The summed E-state index contributed by atoms with van der Waals surface area (Å²) in [4.78, 5) is 81.5. The Labute approximate surface area is 350 Å². The van der Waals surface area contributed by atoms with Crippen molar-refractivity contribution in [3.05, 3.63) is 51.6 Å². The molecule has 0 aromatic heterocycles. The SMILES string of the molecule is Cc1c(NC(=O)CO)c(C)c(C(=O)N(CCO)CCO)c(C)c1C(=O)NCC(O)CNC(=O)c1c(C)c(C(=O)N(CCO)CCO)c(I)c(NC(=O)CO)c1I. The lowest BCUT2D eigenvalue weighted by Gasteiger charge is -2.26. The lowest BCUT2D eigenvalue weighted by atomic mass is 9.89. The molecular formula is C35H48I2N6O13. The number of anilines is 2. The molecular weight excluding hydrogens is 966 g/mol. The average Bonchev–Trinajstić information content (AvgIpc) is 3.15. The van der Waals surface area contributed by atoms with Crippen LogP contribution in [0.5, 0.6) is 0 Å². The fourth-order valence-corrected chi connectivity index (χ4v) is 8.57. The van der Waals surface area contributed by atoms with Crippen molar-refractivity contribution in [1.82, 2.24) is 20.4 Å². The molecule has 21 heteroatoms. The van der Waals surface area contributed by atoms with Gasteiger partial charge in [-0.25, -0.2) is 0 Å². The van der Waals surface area contributed by atoms with Gasteiger partial charge in [-0.3, -0.25) is 28.8 Å². The zero-order chi connectivity index (χ0) is 42.4. The summed E-state index contributed by atoms with van der Waals surface area (Å²) in [6, 6.07) is 0. The molecule has 1 unspecified atom stereocenters. The van der Waals surface area contributed by atoms with E-state index in [1.165, 1.54) is 37.5 Å². The second-order valence-electron chi connectivity index (χ2n) is 12.3. The minimum atomic E-state index is -1.39. The molecule has 0 heterocycles. The molecule has 0 radical (unpaired) electrons. The number of carbonyl (C=O) groups is 6. The van der Waals surface area contributed by atoms with Crippen LogP contribution in [0, 0.1) is 34.8 Å². The number of aliphatic hydroxyl groups excluding tert-OH is 7. The third kappa shape index (κ3) is 11.7. The Bertz CT molecular complexity index is 1670. The van der Waals surface area contributed by atoms with Crippen LogP contribution < -0.4 is 21.3 Å². The first kappa shape index (κ1) is 48.6.